The summed E-state index contributed by atoms with van der Waals surface area (Å²) in [6.07, 6.45) is 9.13. The molecular weight excluding hydrogens is 380 g/mol. The maximum Gasteiger partial charge on any atom is 0.241 e. The molecule has 0 amide bonds. The van der Waals surface area contributed by atoms with Crippen molar-refractivity contribution in [1.29, 1.82) is 0 Å². The number of nitro groups is 2. The molecule has 1 radical (unpaired) electrons. The Labute approximate surface area is 172 Å². The molecule has 29 heavy (non-hydrogen) atoms. The van der Waals surface area contributed by atoms with Gasteiger partial charge in [0.05, 0.1) is 0 Å². The number of carbonyl (C=O) groups excluding carboxylic acids is 1. The van der Waals surface area contributed by atoms with Gasteiger partial charge in [-0.1, -0.05) is 57.6 Å². The molecule has 167 valence electrons. The van der Waals surface area contributed by atoms with Crippen molar-refractivity contribution < 1.29 is 24.9 Å². The molecule has 0 aromatic carbocycles. The van der Waals surface area contributed by atoms with Crippen molar-refractivity contribution in [3.8, 4) is 0 Å². The van der Waals surface area contributed by atoms with Gasteiger partial charge in [0, 0.05) is 29.1 Å². The molecule has 9 heteroatoms. The first-order chi connectivity index (χ1) is 13.8. The van der Waals surface area contributed by atoms with Crippen LogP contribution in [0.2, 0.25) is 0 Å². The molecule has 4 unspecified atom stereocenters. The first kappa shape index (κ1) is 27.1. The molecule has 0 aliphatic rings. The summed E-state index contributed by atoms with van der Waals surface area (Å²) >= 11 is 0. The maximum atomic E-state index is 11.2. The van der Waals surface area contributed by atoms with Crippen molar-refractivity contribution >= 4 is 6.29 Å². The van der Waals surface area contributed by atoms with Gasteiger partial charge in [0.1, 0.15) is 12.2 Å². The highest BCUT2D eigenvalue weighted by Gasteiger charge is 2.29. The van der Waals surface area contributed by atoms with Crippen LogP contribution in [-0.2, 0) is 4.79 Å². The predicted molar refractivity (Wildman–Crippen MR) is 109 cm³/mol. The van der Waals surface area contributed by atoms with Crippen LogP contribution < -0.4 is 0 Å². The Morgan fingerprint density at radius 3 is 1.69 bits per heavy atom. The molecule has 0 rings (SSSR count). The van der Waals surface area contributed by atoms with Crippen molar-refractivity contribution in [2.45, 2.75) is 108 Å². The van der Waals surface area contributed by atoms with E-state index < -0.39 is 34.1 Å². The third kappa shape index (κ3) is 13.1. The van der Waals surface area contributed by atoms with E-state index in [0.29, 0.717) is 25.7 Å². The van der Waals surface area contributed by atoms with Crippen molar-refractivity contribution in [2.75, 3.05) is 0 Å². The minimum Gasteiger partial charge on any atom is -0.386 e. The topological polar surface area (TPSA) is 144 Å². The average Bonchev–Trinajstić information content (AvgIpc) is 2.66. The Morgan fingerprint density at radius 2 is 1.28 bits per heavy atom. The summed E-state index contributed by atoms with van der Waals surface area (Å²) in [5, 5.41) is 42.5. The molecule has 0 aromatic rings. The zero-order valence-corrected chi connectivity index (χ0v) is 17.3. The predicted octanol–water partition coefficient (Wildman–Crippen LogP) is 3.37. The fraction of sp³-hybridized carbons (Fsp3) is 0.850. The van der Waals surface area contributed by atoms with E-state index >= 15 is 0 Å². The first-order valence-electron chi connectivity index (χ1n) is 10.5. The normalized spacial score (nSPS) is 15.7. The van der Waals surface area contributed by atoms with E-state index in [4.69, 9.17) is 0 Å². The summed E-state index contributed by atoms with van der Waals surface area (Å²) < 4.78 is 0. The monoisotopic (exact) mass is 415 g/mol. The first-order valence-corrected chi connectivity index (χ1v) is 10.5. The molecule has 0 aromatic heterocycles. The lowest BCUT2D eigenvalue weighted by molar-refractivity contribution is -0.534. The van der Waals surface area contributed by atoms with Crippen LogP contribution in [0.4, 0.5) is 0 Å². The highest BCUT2D eigenvalue weighted by atomic mass is 16.6. The minimum atomic E-state index is -1.17. The van der Waals surface area contributed by atoms with Crippen LogP contribution in [0.3, 0.4) is 0 Å². The van der Waals surface area contributed by atoms with Gasteiger partial charge in [0.25, 0.3) is 0 Å². The van der Waals surface area contributed by atoms with E-state index in [0.717, 1.165) is 32.1 Å². The van der Waals surface area contributed by atoms with Crippen LogP contribution in [0.5, 0.6) is 0 Å². The van der Waals surface area contributed by atoms with Gasteiger partial charge in [-0.3, -0.25) is 25.0 Å². The van der Waals surface area contributed by atoms with Crippen molar-refractivity contribution in [2.24, 2.45) is 0 Å². The number of rotatable bonds is 19. The molecule has 2 N–H and O–H groups in total. The van der Waals surface area contributed by atoms with Gasteiger partial charge in [-0.05, 0) is 19.3 Å². The molecule has 0 fully saturated rings. The lowest BCUT2D eigenvalue weighted by Gasteiger charge is -2.15. The minimum absolute atomic E-state index is 0.00539. The molecule has 0 saturated heterocycles. The zero-order valence-electron chi connectivity index (χ0n) is 17.3. The Bertz CT molecular complexity index is 499. The van der Waals surface area contributed by atoms with E-state index in [1.807, 2.05) is 13.2 Å². The third-order valence-corrected chi connectivity index (χ3v) is 4.98. The largest absolute Gasteiger partial charge is 0.386 e. The highest BCUT2D eigenvalue weighted by Crippen LogP contribution is 2.16. The molecule has 0 spiro atoms. The summed E-state index contributed by atoms with van der Waals surface area (Å²) in [7, 11) is 0. The van der Waals surface area contributed by atoms with Crippen LogP contribution >= 0.6 is 0 Å². The lowest BCUT2D eigenvalue weighted by Crippen LogP contribution is -2.34. The molecule has 9 nitrogen and oxygen atoms in total. The summed E-state index contributed by atoms with van der Waals surface area (Å²) in [5.41, 5.74) is 0. The molecule has 0 aliphatic heterocycles. The summed E-state index contributed by atoms with van der Waals surface area (Å²) in [6.45, 7) is 2.01. The molecule has 0 aliphatic carbocycles. The van der Waals surface area contributed by atoms with Crippen LogP contribution in [0, 0.1) is 20.2 Å². The second kappa shape index (κ2) is 17.0. The zero-order chi connectivity index (χ0) is 22.1. The lowest BCUT2D eigenvalue weighted by atomic mass is 9.99. The van der Waals surface area contributed by atoms with Crippen LogP contribution in [-0.4, -0.2) is 50.6 Å². The Morgan fingerprint density at radius 1 is 0.828 bits per heavy atom. The van der Waals surface area contributed by atoms with Gasteiger partial charge < -0.3 is 10.2 Å². The van der Waals surface area contributed by atoms with E-state index in [9.17, 15) is 35.2 Å². The Kier molecular flexibility index (Phi) is 15.9. The Balaban J connectivity index is 4.46. The van der Waals surface area contributed by atoms with Crippen molar-refractivity contribution in [1.82, 2.24) is 0 Å². The van der Waals surface area contributed by atoms with Gasteiger partial charge >= 0.3 is 0 Å². The van der Waals surface area contributed by atoms with Crippen LogP contribution in [0.15, 0.2) is 12.2 Å². The standard InChI is InChI=1S/C20H35N2O7/c1-2-3-7-14-19(24)17(21(26)27)12-9-10-13-18(22(28)29)20(25)15-8-5-4-6-11-16-23/h9-10,17-20,24-25H,2-8,11-15H2,1H3/b10-9-. The smallest absolute Gasteiger partial charge is 0.241 e. The molecule has 0 heterocycles. The summed E-state index contributed by atoms with van der Waals surface area (Å²) in [4.78, 5) is 31.5. The Hall–Kier alpha value is -1.87. The van der Waals surface area contributed by atoms with Gasteiger partial charge in [-0.2, -0.15) is 0 Å². The van der Waals surface area contributed by atoms with Gasteiger partial charge in [0.2, 0.25) is 12.1 Å². The van der Waals surface area contributed by atoms with Gasteiger partial charge in [0.15, 0.2) is 6.29 Å². The molecule has 4 atom stereocenters. The van der Waals surface area contributed by atoms with E-state index in [1.165, 1.54) is 12.2 Å². The quantitative estimate of drug-likeness (QED) is 0.142. The summed E-state index contributed by atoms with van der Waals surface area (Å²) in [6, 6.07) is -2.30. The fourth-order valence-corrected chi connectivity index (χ4v) is 3.13. The highest BCUT2D eigenvalue weighted by molar-refractivity contribution is 5.50. The molecule has 0 saturated carbocycles. The van der Waals surface area contributed by atoms with Gasteiger partial charge in [-0.15, -0.1) is 0 Å². The number of nitrogens with zero attached hydrogens (tertiary/aromatic N) is 2. The number of hydrogen-bond donors (Lipinski definition) is 2. The average molecular weight is 416 g/mol. The van der Waals surface area contributed by atoms with Crippen molar-refractivity contribution in [3.05, 3.63) is 32.4 Å². The molecule has 0 bridgehead atoms. The number of aliphatic hydroxyl groups excluding tert-OH is 2. The number of hydrogen-bond acceptors (Lipinski definition) is 7. The second-order valence-corrected chi connectivity index (χ2v) is 7.38. The number of unbranched alkanes of at least 4 members (excludes halogenated alkanes) is 6. The maximum absolute atomic E-state index is 11.2. The fourth-order valence-electron chi connectivity index (χ4n) is 3.13. The van der Waals surface area contributed by atoms with Crippen LogP contribution in [0.1, 0.15) is 84.0 Å². The van der Waals surface area contributed by atoms with Gasteiger partial charge in [-0.25, -0.2) is 0 Å². The van der Waals surface area contributed by atoms with Crippen molar-refractivity contribution in [3.63, 3.8) is 0 Å². The summed E-state index contributed by atoms with van der Waals surface area (Å²) in [5.74, 6) is 0. The van der Waals surface area contributed by atoms with E-state index in [2.05, 4.69) is 0 Å². The van der Waals surface area contributed by atoms with Crippen LogP contribution in [0.25, 0.3) is 0 Å². The SMILES string of the molecule is CCCCCC(O)C(C/C=C\CC(C(O)CCCCCC[C]=O)[N+](=O)[O-])[N+](=O)[O-]. The van der Waals surface area contributed by atoms with E-state index in [-0.39, 0.29) is 19.3 Å². The third-order valence-electron chi connectivity index (χ3n) is 4.98. The molecular formula is C20H35N2O7. The second-order valence-electron chi connectivity index (χ2n) is 7.38. The number of aliphatic hydroxyl groups is 2. The van der Waals surface area contributed by atoms with E-state index in [1.54, 1.807) is 0 Å².